The minimum Gasteiger partial charge on any atom is -0.324 e. The Bertz CT molecular complexity index is 325. The van der Waals surface area contributed by atoms with E-state index in [-0.39, 0.29) is 16.9 Å². The summed E-state index contributed by atoms with van der Waals surface area (Å²) < 4.78 is 13.3. The molecule has 2 rings (SSSR count). The highest BCUT2D eigenvalue weighted by Crippen LogP contribution is 2.33. The molecule has 1 aliphatic rings. The van der Waals surface area contributed by atoms with Gasteiger partial charge in [0.1, 0.15) is 5.82 Å². The Morgan fingerprint density at radius 1 is 1.50 bits per heavy atom. The van der Waals surface area contributed by atoms with Crippen molar-refractivity contribution < 1.29 is 4.39 Å². The molecule has 0 aliphatic heterocycles. The number of hydrogen-bond acceptors (Lipinski definition) is 1. The van der Waals surface area contributed by atoms with Gasteiger partial charge in [-0.05, 0) is 30.0 Å². The van der Waals surface area contributed by atoms with Crippen LogP contribution in [0.3, 0.4) is 0 Å². The second kappa shape index (κ2) is 2.71. The summed E-state index contributed by atoms with van der Waals surface area (Å²) >= 11 is 5.62. The van der Waals surface area contributed by atoms with Crippen LogP contribution in [0, 0.1) is 5.82 Å². The number of nitrogens with two attached hydrogens (primary N) is 1. The topological polar surface area (TPSA) is 26.0 Å². The van der Waals surface area contributed by atoms with Gasteiger partial charge in [0.25, 0.3) is 0 Å². The van der Waals surface area contributed by atoms with Crippen LogP contribution < -0.4 is 5.73 Å². The molecule has 12 heavy (non-hydrogen) atoms. The van der Waals surface area contributed by atoms with Crippen LogP contribution >= 0.6 is 11.6 Å². The van der Waals surface area contributed by atoms with Crippen LogP contribution in [0.5, 0.6) is 0 Å². The predicted molar refractivity (Wildman–Crippen MR) is 46.7 cm³/mol. The van der Waals surface area contributed by atoms with Crippen molar-refractivity contribution in [3.63, 3.8) is 0 Å². The monoisotopic (exact) mass is 185 g/mol. The van der Waals surface area contributed by atoms with E-state index < -0.39 is 0 Å². The number of benzene rings is 1. The lowest BCUT2D eigenvalue weighted by atomic mass is 10.1. The summed E-state index contributed by atoms with van der Waals surface area (Å²) in [4.78, 5) is 0. The molecule has 0 unspecified atom stereocenters. The zero-order valence-electron chi connectivity index (χ0n) is 6.48. The van der Waals surface area contributed by atoms with Crippen LogP contribution in [0.25, 0.3) is 0 Å². The minimum atomic E-state index is -0.290. The molecular formula is C9H9ClFN. The fourth-order valence-electron chi connectivity index (χ4n) is 1.66. The van der Waals surface area contributed by atoms with Gasteiger partial charge in [-0.25, -0.2) is 4.39 Å². The summed E-state index contributed by atoms with van der Waals surface area (Å²) in [6.07, 6.45) is 1.54. The molecule has 0 fully saturated rings. The molecule has 0 saturated heterocycles. The van der Waals surface area contributed by atoms with E-state index in [9.17, 15) is 4.39 Å². The van der Waals surface area contributed by atoms with Gasteiger partial charge in [0.05, 0.1) is 5.02 Å². The van der Waals surface area contributed by atoms with Crippen molar-refractivity contribution >= 4 is 11.6 Å². The van der Waals surface area contributed by atoms with Crippen molar-refractivity contribution in [2.24, 2.45) is 5.73 Å². The third-order valence-corrected chi connectivity index (χ3v) is 2.63. The fraction of sp³-hybridized carbons (Fsp3) is 0.333. The number of halogens is 2. The highest BCUT2D eigenvalue weighted by molar-refractivity contribution is 6.30. The SMILES string of the molecule is N[C@H]1CCc2c1ccc(Cl)c2F. The van der Waals surface area contributed by atoms with E-state index in [0.29, 0.717) is 12.0 Å². The molecule has 0 amide bonds. The van der Waals surface area contributed by atoms with Gasteiger partial charge in [-0.1, -0.05) is 17.7 Å². The van der Waals surface area contributed by atoms with Gasteiger partial charge in [-0.3, -0.25) is 0 Å². The van der Waals surface area contributed by atoms with Gasteiger partial charge in [0.2, 0.25) is 0 Å². The maximum atomic E-state index is 13.3. The van der Waals surface area contributed by atoms with Crippen molar-refractivity contribution in [1.29, 1.82) is 0 Å². The normalized spacial score (nSPS) is 21.1. The van der Waals surface area contributed by atoms with Crippen molar-refractivity contribution in [2.75, 3.05) is 0 Å². The van der Waals surface area contributed by atoms with E-state index in [1.165, 1.54) is 0 Å². The Morgan fingerprint density at radius 3 is 3.00 bits per heavy atom. The first kappa shape index (κ1) is 8.02. The zero-order chi connectivity index (χ0) is 8.72. The molecule has 1 aliphatic carbocycles. The number of fused-ring (bicyclic) bond motifs is 1. The lowest BCUT2D eigenvalue weighted by Crippen LogP contribution is -2.05. The average Bonchev–Trinajstić information content (AvgIpc) is 2.41. The van der Waals surface area contributed by atoms with Crippen molar-refractivity contribution in [3.05, 3.63) is 34.1 Å². The lowest BCUT2D eigenvalue weighted by molar-refractivity contribution is 0.613. The summed E-state index contributed by atoms with van der Waals surface area (Å²) in [7, 11) is 0. The number of rotatable bonds is 0. The molecule has 1 atom stereocenters. The van der Waals surface area contributed by atoms with Crippen LogP contribution in [-0.2, 0) is 6.42 Å². The fourth-order valence-corrected chi connectivity index (χ4v) is 1.84. The van der Waals surface area contributed by atoms with E-state index >= 15 is 0 Å². The van der Waals surface area contributed by atoms with Crippen molar-refractivity contribution in [1.82, 2.24) is 0 Å². The van der Waals surface area contributed by atoms with Crippen molar-refractivity contribution in [2.45, 2.75) is 18.9 Å². The van der Waals surface area contributed by atoms with Gasteiger partial charge < -0.3 is 5.73 Å². The highest BCUT2D eigenvalue weighted by Gasteiger charge is 2.23. The van der Waals surface area contributed by atoms with Crippen LogP contribution in [0.15, 0.2) is 12.1 Å². The Hall–Kier alpha value is -0.600. The zero-order valence-corrected chi connectivity index (χ0v) is 7.24. The van der Waals surface area contributed by atoms with Gasteiger partial charge in [-0.2, -0.15) is 0 Å². The van der Waals surface area contributed by atoms with Crippen LogP contribution in [-0.4, -0.2) is 0 Å². The molecule has 1 nitrogen and oxygen atoms in total. The molecule has 1 aromatic rings. The summed E-state index contributed by atoms with van der Waals surface area (Å²) in [6.45, 7) is 0. The van der Waals surface area contributed by atoms with E-state index in [4.69, 9.17) is 17.3 Å². The van der Waals surface area contributed by atoms with Gasteiger partial charge in [0.15, 0.2) is 0 Å². The third kappa shape index (κ3) is 1.03. The molecule has 0 aromatic heterocycles. The van der Waals surface area contributed by atoms with Crippen LogP contribution in [0.4, 0.5) is 4.39 Å². The lowest BCUT2D eigenvalue weighted by Gasteiger charge is -2.05. The minimum absolute atomic E-state index is 0.00762. The maximum Gasteiger partial charge on any atom is 0.145 e. The van der Waals surface area contributed by atoms with Gasteiger partial charge in [-0.15, -0.1) is 0 Å². The molecule has 0 heterocycles. The molecule has 64 valence electrons. The highest BCUT2D eigenvalue weighted by atomic mass is 35.5. The molecule has 0 saturated carbocycles. The van der Waals surface area contributed by atoms with E-state index in [1.807, 2.05) is 6.07 Å². The molecular weight excluding hydrogens is 177 g/mol. The molecule has 1 aromatic carbocycles. The molecule has 0 bridgehead atoms. The molecule has 2 N–H and O–H groups in total. The van der Waals surface area contributed by atoms with Gasteiger partial charge in [0, 0.05) is 6.04 Å². The summed E-state index contributed by atoms with van der Waals surface area (Å²) in [5.41, 5.74) is 7.37. The molecule has 0 radical (unpaired) electrons. The quantitative estimate of drug-likeness (QED) is 0.660. The Kier molecular flexibility index (Phi) is 1.81. The Morgan fingerprint density at radius 2 is 2.25 bits per heavy atom. The van der Waals surface area contributed by atoms with Gasteiger partial charge >= 0.3 is 0 Å². The first-order chi connectivity index (χ1) is 5.70. The standard InChI is InChI=1S/C9H9ClFN/c10-7-3-1-5-6(9(7)11)2-4-8(5)12/h1,3,8H,2,4,12H2/t8-/m0/s1. The third-order valence-electron chi connectivity index (χ3n) is 2.34. The summed E-state index contributed by atoms with van der Waals surface area (Å²) in [5, 5.41) is 0.197. The van der Waals surface area contributed by atoms with E-state index in [1.54, 1.807) is 6.07 Å². The predicted octanol–water partition coefficient (Wildman–Crippen LogP) is 2.43. The summed E-state index contributed by atoms with van der Waals surface area (Å²) in [5.74, 6) is -0.290. The second-order valence-electron chi connectivity index (χ2n) is 3.07. The Labute approximate surface area is 75.3 Å². The second-order valence-corrected chi connectivity index (χ2v) is 3.48. The van der Waals surface area contributed by atoms with Crippen LogP contribution in [0.1, 0.15) is 23.6 Å². The molecule has 0 spiro atoms. The smallest absolute Gasteiger partial charge is 0.145 e. The van der Waals surface area contributed by atoms with Crippen LogP contribution in [0.2, 0.25) is 5.02 Å². The maximum absolute atomic E-state index is 13.3. The van der Waals surface area contributed by atoms with E-state index in [2.05, 4.69) is 0 Å². The average molecular weight is 186 g/mol. The largest absolute Gasteiger partial charge is 0.324 e. The van der Waals surface area contributed by atoms with Crippen molar-refractivity contribution in [3.8, 4) is 0 Å². The summed E-state index contributed by atoms with van der Waals surface area (Å²) in [6, 6.07) is 3.38. The number of hydrogen-bond donors (Lipinski definition) is 1. The Balaban J connectivity index is 2.60. The first-order valence-electron chi connectivity index (χ1n) is 3.92. The first-order valence-corrected chi connectivity index (χ1v) is 4.30. The van der Waals surface area contributed by atoms with E-state index in [0.717, 1.165) is 12.0 Å². The molecule has 3 heteroatoms.